The van der Waals surface area contributed by atoms with E-state index in [-0.39, 0.29) is 24.5 Å². The zero-order chi connectivity index (χ0) is 29.8. The van der Waals surface area contributed by atoms with Crippen molar-refractivity contribution in [3.63, 3.8) is 0 Å². The third kappa shape index (κ3) is 10.0. The smallest absolute Gasteiger partial charge is 0.326 e. The third-order valence-corrected chi connectivity index (χ3v) is 6.48. The monoisotopic (exact) mass is 556 g/mol. The Morgan fingerprint density at radius 2 is 1.23 bits per heavy atom. The number of rotatable bonds is 15. The Labute approximate surface area is 232 Å². The molecule has 216 valence electrons. The van der Waals surface area contributed by atoms with Crippen LogP contribution in [0.5, 0.6) is 5.75 Å². The van der Waals surface area contributed by atoms with Gasteiger partial charge in [-0.1, -0.05) is 62.7 Å². The van der Waals surface area contributed by atoms with Gasteiger partial charge in [0.1, 0.15) is 23.9 Å². The van der Waals surface area contributed by atoms with Crippen molar-refractivity contribution in [3.8, 4) is 5.75 Å². The van der Waals surface area contributed by atoms with Crippen molar-refractivity contribution in [2.75, 3.05) is 0 Å². The molecular weight excluding hydrogens is 520 g/mol. The molecule has 40 heavy (non-hydrogen) atoms. The van der Waals surface area contributed by atoms with E-state index in [1.54, 1.807) is 30.3 Å². The Morgan fingerprint density at radius 1 is 0.750 bits per heavy atom. The van der Waals surface area contributed by atoms with Gasteiger partial charge in [-0.25, -0.2) is 4.79 Å². The quantitative estimate of drug-likeness (QED) is 0.163. The SMILES string of the molecule is CCC(C)C(N)C(=O)NC(Cc1ccccc1)C(=O)NC(Cc1ccc(O)cc1)C(=O)NC(CC(=O)O)C(=O)O. The number of phenols is 1. The standard InChI is InChI=1S/C28H36N4O8/c1-3-16(2)24(29)27(38)31-21(13-17-7-5-4-6-8-17)25(36)30-20(14-18-9-11-19(33)12-10-18)26(37)32-22(28(39)40)15-23(34)35/h4-12,16,20-22,24,33H,3,13-15,29H2,1-2H3,(H,30,36)(H,31,38)(H,32,37)(H,34,35)(H,39,40). The molecule has 0 bridgehead atoms. The highest BCUT2D eigenvalue weighted by Gasteiger charge is 2.32. The number of phenolic OH excluding ortho intramolecular Hbond substituents is 1. The van der Waals surface area contributed by atoms with E-state index in [2.05, 4.69) is 16.0 Å². The van der Waals surface area contributed by atoms with Crippen LogP contribution in [0.1, 0.15) is 37.8 Å². The number of carboxylic acids is 2. The number of amides is 3. The van der Waals surface area contributed by atoms with E-state index >= 15 is 0 Å². The summed E-state index contributed by atoms with van der Waals surface area (Å²) in [6.45, 7) is 3.69. The average molecular weight is 557 g/mol. The van der Waals surface area contributed by atoms with Gasteiger partial charge < -0.3 is 37.0 Å². The number of aliphatic carboxylic acids is 2. The number of carbonyl (C=O) groups is 5. The van der Waals surface area contributed by atoms with Gasteiger partial charge in [0, 0.05) is 12.8 Å². The average Bonchev–Trinajstić information content (AvgIpc) is 2.92. The summed E-state index contributed by atoms with van der Waals surface area (Å²) in [5.41, 5.74) is 7.32. The first-order chi connectivity index (χ1) is 18.9. The van der Waals surface area contributed by atoms with Crippen LogP contribution in [0.15, 0.2) is 54.6 Å². The Hall–Kier alpha value is -4.45. The van der Waals surface area contributed by atoms with Gasteiger partial charge in [0.15, 0.2) is 0 Å². The van der Waals surface area contributed by atoms with Crippen LogP contribution in [-0.2, 0) is 36.8 Å². The molecule has 0 fully saturated rings. The molecule has 12 nitrogen and oxygen atoms in total. The molecular formula is C28H36N4O8. The number of nitrogens with two attached hydrogens (primary N) is 1. The number of carbonyl (C=O) groups excluding carboxylic acids is 3. The molecule has 5 atom stereocenters. The van der Waals surface area contributed by atoms with Crippen LogP contribution >= 0.6 is 0 Å². The van der Waals surface area contributed by atoms with Gasteiger partial charge in [-0.15, -0.1) is 0 Å². The molecule has 0 heterocycles. The van der Waals surface area contributed by atoms with Gasteiger partial charge in [0.25, 0.3) is 0 Å². The van der Waals surface area contributed by atoms with E-state index in [9.17, 15) is 34.2 Å². The molecule has 5 unspecified atom stereocenters. The largest absolute Gasteiger partial charge is 0.508 e. The van der Waals surface area contributed by atoms with E-state index in [0.29, 0.717) is 12.0 Å². The van der Waals surface area contributed by atoms with Crippen molar-refractivity contribution >= 4 is 29.7 Å². The van der Waals surface area contributed by atoms with Crippen LogP contribution in [0.25, 0.3) is 0 Å². The molecule has 0 aliphatic carbocycles. The molecule has 12 heteroatoms. The Kier molecular flexibility index (Phi) is 12.1. The summed E-state index contributed by atoms with van der Waals surface area (Å²) in [6.07, 6.45) is -0.271. The maximum Gasteiger partial charge on any atom is 0.326 e. The van der Waals surface area contributed by atoms with Crippen molar-refractivity contribution in [1.82, 2.24) is 16.0 Å². The first kappa shape index (κ1) is 31.8. The van der Waals surface area contributed by atoms with Gasteiger partial charge in [0.05, 0.1) is 12.5 Å². The van der Waals surface area contributed by atoms with Crippen LogP contribution < -0.4 is 21.7 Å². The highest BCUT2D eigenvalue weighted by atomic mass is 16.4. The Morgan fingerprint density at radius 3 is 1.70 bits per heavy atom. The van der Waals surface area contributed by atoms with Gasteiger partial charge in [-0.3, -0.25) is 19.2 Å². The number of hydrogen-bond acceptors (Lipinski definition) is 7. The summed E-state index contributed by atoms with van der Waals surface area (Å²) in [5.74, 6) is -5.37. The van der Waals surface area contributed by atoms with Crippen molar-refractivity contribution < 1.29 is 39.3 Å². The van der Waals surface area contributed by atoms with Gasteiger partial charge in [0.2, 0.25) is 17.7 Å². The minimum Gasteiger partial charge on any atom is -0.508 e. The van der Waals surface area contributed by atoms with Crippen LogP contribution in [0.4, 0.5) is 0 Å². The maximum absolute atomic E-state index is 13.5. The molecule has 2 aromatic carbocycles. The molecule has 0 aliphatic heterocycles. The second-order valence-corrected chi connectivity index (χ2v) is 9.59. The van der Waals surface area contributed by atoms with E-state index in [4.69, 9.17) is 10.8 Å². The van der Waals surface area contributed by atoms with E-state index in [0.717, 1.165) is 5.56 Å². The van der Waals surface area contributed by atoms with E-state index in [1.165, 1.54) is 24.3 Å². The number of hydrogen-bond donors (Lipinski definition) is 7. The predicted molar refractivity (Wildman–Crippen MR) is 145 cm³/mol. The molecule has 0 aliphatic rings. The summed E-state index contributed by atoms with van der Waals surface area (Å²) in [7, 11) is 0. The summed E-state index contributed by atoms with van der Waals surface area (Å²) in [5, 5.41) is 35.4. The Balaban J connectivity index is 2.34. The predicted octanol–water partition coefficient (Wildman–Crippen LogP) is 0.565. The molecule has 3 amide bonds. The highest BCUT2D eigenvalue weighted by molar-refractivity contribution is 5.95. The van der Waals surface area contributed by atoms with Crippen molar-refractivity contribution in [2.45, 2.75) is 63.7 Å². The van der Waals surface area contributed by atoms with Gasteiger partial charge >= 0.3 is 11.9 Å². The fourth-order valence-corrected chi connectivity index (χ4v) is 3.84. The third-order valence-electron chi connectivity index (χ3n) is 6.48. The number of carboxylic acid groups (broad SMARTS) is 2. The van der Waals surface area contributed by atoms with Gasteiger partial charge in [-0.2, -0.15) is 0 Å². The van der Waals surface area contributed by atoms with E-state index in [1.807, 2.05) is 13.8 Å². The lowest BCUT2D eigenvalue weighted by atomic mass is 9.98. The molecule has 0 saturated carbocycles. The van der Waals surface area contributed by atoms with Crippen LogP contribution in [0, 0.1) is 5.92 Å². The zero-order valence-electron chi connectivity index (χ0n) is 22.4. The highest BCUT2D eigenvalue weighted by Crippen LogP contribution is 2.13. The van der Waals surface area contributed by atoms with Crippen molar-refractivity contribution in [2.24, 2.45) is 11.7 Å². The minimum absolute atomic E-state index is 0.0236. The summed E-state index contributed by atoms with van der Waals surface area (Å²) in [4.78, 5) is 62.2. The van der Waals surface area contributed by atoms with Crippen LogP contribution in [0.2, 0.25) is 0 Å². The second kappa shape index (κ2) is 15.2. The molecule has 8 N–H and O–H groups in total. The normalized spacial score (nSPS) is 14.6. The van der Waals surface area contributed by atoms with Crippen molar-refractivity contribution in [3.05, 3.63) is 65.7 Å². The van der Waals surface area contributed by atoms with Crippen molar-refractivity contribution in [1.29, 1.82) is 0 Å². The maximum atomic E-state index is 13.5. The first-order valence-corrected chi connectivity index (χ1v) is 12.8. The summed E-state index contributed by atoms with van der Waals surface area (Å²) >= 11 is 0. The number of nitrogens with one attached hydrogen (secondary N) is 3. The molecule has 2 rings (SSSR count). The second-order valence-electron chi connectivity index (χ2n) is 9.59. The fourth-order valence-electron chi connectivity index (χ4n) is 3.84. The molecule has 0 radical (unpaired) electrons. The lowest BCUT2D eigenvalue weighted by molar-refractivity contribution is -0.147. The topological polar surface area (TPSA) is 208 Å². The molecule has 0 aromatic heterocycles. The fraction of sp³-hybridized carbons (Fsp3) is 0.393. The zero-order valence-corrected chi connectivity index (χ0v) is 22.4. The van der Waals surface area contributed by atoms with Crippen LogP contribution in [-0.4, -0.2) is 69.1 Å². The van der Waals surface area contributed by atoms with Crippen LogP contribution in [0.3, 0.4) is 0 Å². The van der Waals surface area contributed by atoms with Gasteiger partial charge in [-0.05, 0) is 29.2 Å². The first-order valence-electron chi connectivity index (χ1n) is 12.8. The summed E-state index contributed by atoms with van der Waals surface area (Å²) in [6, 6.07) is 9.58. The lowest BCUT2D eigenvalue weighted by Gasteiger charge is -2.26. The number of benzene rings is 2. The van der Waals surface area contributed by atoms with E-state index < -0.39 is 60.2 Å². The minimum atomic E-state index is -1.74. The molecule has 0 saturated heterocycles. The Bertz CT molecular complexity index is 1170. The molecule has 2 aromatic rings. The number of aromatic hydroxyl groups is 1. The lowest BCUT2D eigenvalue weighted by Crippen LogP contribution is -2.58. The molecule has 0 spiro atoms. The summed E-state index contributed by atoms with van der Waals surface area (Å²) < 4.78 is 0.